The Balaban J connectivity index is 0.972. The zero-order chi connectivity index (χ0) is 43.7. The molecule has 1 amide bonds. The molecule has 3 aromatic heterocycles. The van der Waals surface area contributed by atoms with Gasteiger partial charge in [0.1, 0.15) is 21.3 Å². The first-order valence-electron chi connectivity index (χ1n) is 21.8. The lowest BCUT2D eigenvalue weighted by molar-refractivity contribution is 0.0490. The standard InChI is InChI=1S/C47H53Cl2N7O6S/c1-47(2)14-10-34(39(27-47)32-4-6-35(48)7-5-32)29-54-17-19-55(20-18-54)36-8-9-38(41(25-36)56-16-3-21-61-46-42(56)24-33-11-15-50-43(33)52-46)44(57)53-63(58,59)37-26-40(49)45(51-28-37)62-30-31-12-22-60-23-13-31/h4-9,11,15,24-26,28,31H,3,10,12-14,16-23,27,29-30H2,1-2H3,(H,50,52)(H,53,57). The number of H-pyrrole nitrogens is 1. The molecule has 16 heteroatoms. The Morgan fingerprint density at radius 2 is 1.76 bits per heavy atom. The zero-order valence-corrected chi connectivity index (χ0v) is 38.0. The van der Waals surface area contributed by atoms with Crippen LogP contribution in [0.15, 0.2) is 83.5 Å². The van der Waals surface area contributed by atoms with Gasteiger partial charge in [-0.1, -0.05) is 54.8 Å². The number of allylic oxidation sites excluding steroid dienone is 1. The summed E-state index contributed by atoms with van der Waals surface area (Å²) in [5.74, 6) is 0.0694. The van der Waals surface area contributed by atoms with Crippen molar-refractivity contribution in [3.05, 3.63) is 99.8 Å². The van der Waals surface area contributed by atoms with Crippen LogP contribution in [0.1, 0.15) is 68.3 Å². The van der Waals surface area contributed by atoms with E-state index in [1.807, 2.05) is 47.5 Å². The summed E-state index contributed by atoms with van der Waals surface area (Å²) in [5.41, 5.74) is 7.45. The van der Waals surface area contributed by atoms with E-state index >= 15 is 0 Å². The molecule has 0 bridgehead atoms. The van der Waals surface area contributed by atoms with Gasteiger partial charge in [-0.3, -0.25) is 9.69 Å². The van der Waals surface area contributed by atoms with E-state index in [1.54, 1.807) is 6.07 Å². The van der Waals surface area contributed by atoms with Gasteiger partial charge in [0.25, 0.3) is 15.9 Å². The minimum Gasteiger partial charge on any atom is -0.476 e. The van der Waals surface area contributed by atoms with Crippen LogP contribution in [0.2, 0.25) is 10.0 Å². The van der Waals surface area contributed by atoms with Crippen molar-refractivity contribution in [3.8, 4) is 11.8 Å². The number of amides is 1. The maximum absolute atomic E-state index is 14.3. The first kappa shape index (κ1) is 43.4. The van der Waals surface area contributed by atoms with Gasteiger partial charge in [0.15, 0.2) is 0 Å². The summed E-state index contributed by atoms with van der Waals surface area (Å²) in [6.45, 7) is 11.6. The van der Waals surface area contributed by atoms with Gasteiger partial charge in [-0.25, -0.2) is 18.1 Å². The molecule has 2 fully saturated rings. The molecule has 332 valence electrons. The second kappa shape index (κ2) is 18.3. The highest BCUT2D eigenvalue weighted by Gasteiger charge is 2.32. The number of carbonyl (C=O) groups is 1. The lowest BCUT2D eigenvalue weighted by Gasteiger charge is -2.39. The van der Waals surface area contributed by atoms with Crippen LogP contribution >= 0.6 is 23.2 Å². The molecule has 0 unspecified atom stereocenters. The topological polar surface area (TPSA) is 142 Å². The summed E-state index contributed by atoms with van der Waals surface area (Å²) < 4.78 is 47.4. The van der Waals surface area contributed by atoms with Crippen molar-refractivity contribution >= 4 is 72.8 Å². The lowest BCUT2D eigenvalue weighted by atomic mass is 9.72. The smallest absolute Gasteiger partial charge is 0.267 e. The van der Waals surface area contributed by atoms with E-state index in [1.165, 1.54) is 22.8 Å². The normalized spacial score (nSPS) is 18.8. The van der Waals surface area contributed by atoms with Gasteiger partial charge in [-0.15, -0.1) is 0 Å². The predicted octanol–water partition coefficient (Wildman–Crippen LogP) is 8.90. The molecule has 0 spiro atoms. The Hall–Kier alpha value is -4.86. The molecule has 5 aromatic rings. The number of pyridine rings is 2. The largest absolute Gasteiger partial charge is 0.476 e. The third-order valence-electron chi connectivity index (χ3n) is 12.7. The molecule has 1 aliphatic carbocycles. The Morgan fingerprint density at radius 3 is 2.54 bits per heavy atom. The number of aromatic amines is 1. The number of ether oxygens (including phenoxy) is 3. The Labute approximate surface area is 378 Å². The molecular weight excluding hydrogens is 862 g/mol. The molecule has 63 heavy (non-hydrogen) atoms. The maximum atomic E-state index is 14.3. The summed E-state index contributed by atoms with van der Waals surface area (Å²) in [7, 11) is -4.40. The van der Waals surface area contributed by atoms with Crippen molar-refractivity contribution in [1.82, 2.24) is 24.6 Å². The van der Waals surface area contributed by atoms with Gasteiger partial charge in [0.05, 0.1) is 30.7 Å². The van der Waals surface area contributed by atoms with Crippen LogP contribution in [0, 0.1) is 11.3 Å². The van der Waals surface area contributed by atoms with Crippen LogP contribution < -0.4 is 24.0 Å². The van der Waals surface area contributed by atoms with Crippen molar-refractivity contribution < 1.29 is 27.4 Å². The molecule has 0 atom stereocenters. The number of nitrogens with zero attached hydrogens (tertiary/aromatic N) is 5. The summed E-state index contributed by atoms with van der Waals surface area (Å²) in [6.07, 6.45) is 8.61. The van der Waals surface area contributed by atoms with Crippen LogP contribution in [0.25, 0.3) is 16.6 Å². The van der Waals surface area contributed by atoms with E-state index in [4.69, 9.17) is 42.4 Å². The number of carbonyl (C=O) groups excluding carboxylic acids is 1. The number of sulfonamides is 1. The van der Waals surface area contributed by atoms with E-state index in [0.29, 0.717) is 68.2 Å². The van der Waals surface area contributed by atoms with Gasteiger partial charge < -0.3 is 29.0 Å². The molecular formula is C47H53Cl2N7O6S. The number of halogens is 2. The average Bonchev–Trinajstić information content (AvgIpc) is 3.64. The summed E-state index contributed by atoms with van der Waals surface area (Å²) in [6, 6.07) is 19.0. The SMILES string of the molecule is CC1(C)CCC(CN2CCN(c3ccc(C(=O)NS(=O)(=O)c4cnc(OCC5CCOCC5)c(Cl)c4)c(N4CCCOc5nc6[nH]ccc6cc54)c3)CC2)=C(c2ccc(Cl)cc2)C1. The highest BCUT2D eigenvalue weighted by Crippen LogP contribution is 2.44. The minimum atomic E-state index is -4.40. The average molecular weight is 915 g/mol. The molecule has 0 saturated carbocycles. The number of hydrogen-bond acceptors (Lipinski definition) is 11. The summed E-state index contributed by atoms with van der Waals surface area (Å²) >= 11 is 12.8. The first-order chi connectivity index (χ1) is 30.4. The predicted molar refractivity (Wildman–Crippen MR) is 247 cm³/mol. The van der Waals surface area contributed by atoms with Gasteiger partial charge >= 0.3 is 0 Å². The van der Waals surface area contributed by atoms with Crippen molar-refractivity contribution in [3.63, 3.8) is 0 Å². The highest BCUT2D eigenvalue weighted by molar-refractivity contribution is 7.90. The van der Waals surface area contributed by atoms with Gasteiger partial charge in [-0.2, -0.15) is 4.98 Å². The van der Waals surface area contributed by atoms with Gasteiger partial charge in [0, 0.05) is 74.8 Å². The molecule has 2 saturated heterocycles. The van der Waals surface area contributed by atoms with Crippen LogP contribution in [-0.2, 0) is 14.8 Å². The highest BCUT2D eigenvalue weighted by atomic mass is 35.5. The Bertz CT molecular complexity index is 2620. The Morgan fingerprint density at radius 1 is 0.968 bits per heavy atom. The van der Waals surface area contributed by atoms with Crippen LogP contribution in [-0.4, -0.2) is 99.9 Å². The van der Waals surface area contributed by atoms with E-state index in [0.717, 1.165) is 87.1 Å². The van der Waals surface area contributed by atoms with Gasteiger partial charge in [-0.05, 0) is 110 Å². The fraction of sp³-hybridized carbons (Fsp3) is 0.426. The molecule has 2 N–H and O–H groups in total. The zero-order valence-electron chi connectivity index (χ0n) is 35.7. The molecule has 0 radical (unpaired) electrons. The number of nitrogens with one attached hydrogen (secondary N) is 2. The summed E-state index contributed by atoms with van der Waals surface area (Å²) in [4.78, 5) is 33.1. The summed E-state index contributed by atoms with van der Waals surface area (Å²) in [5, 5.41) is 1.66. The molecule has 3 aliphatic heterocycles. The second-order valence-corrected chi connectivity index (χ2v) is 20.3. The van der Waals surface area contributed by atoms with E-state index in [2.05, 4.69) is 50.5 Å². The number of fused-ring (bicyclic) bond motifs is 2. The minimum absolute atomic E-state index is 0.0358. The van der Waals surface area contributed by atoms with Crippen molar-refractivity contribution in [1.29, 1.82) is 0 Å². The third kappa shape index (κ3) is 9.80. The van der Waals surface area contributed by atoms with Gasteiger partial charge in [0.2, 0.25) is 11.8 Å². The van der Waals surface area contributed by atoms with E-state index in [-0.39, 0.29) is 26.8 Å². The monoisotopic (exact) mass is 913 g/mol. The fourth-order valence-corrected chi connectivity index (χ4v) is 10.4. The van der Waals surface area contributed by atoms with Crippen molar-refractivity contribution in [2.45, 2.75) is 57.3 Å². The molecule has 13 nitrogen and oxygen atoms in total. The van der Waals surface area contributed by atoms with E-state index < -0.39 is 15.9 Å². The third-order valence-corrected chi connectivity index (χ3v) is 14.5. The number of aromatic nitrogens is 3. The fourth-order valence-electron chi connectivity index (χ4n) is 9.05. The maximum Gasteiger partial charge on any atom is 0.267 e. The first-order valence-corrected chi connectivity index (χ1v) is 24.0. The number of anilines is 3. The van der Waals surface area contributed by atoms with Crippen LogP contribution in [0.3, 0.4) is 0 Å². The molecule has 4 aliphatic rings. The number of benzene rings is 2. The van der Waals surface area contributed by atoms with E-state index in [9.17, 15) is 13.2 Å². The van der Waals surface area contributed by atoms with Crippen LogP contribution in [0.4, 0.5) is 17.1 Å². The number of hydrogen-bond donors (Lipinski definition) is 2. The Kier molecular flexibility index (Phi) is 12.6. The lowest BCUT2D eigenvalue weighted by Crippen LogP contribution is -2.47. The molecule has 9 rings (SSSR count). The molecule has 2 aromatic carbocycles. The van der Waals surface area contributed by atoms with Crippen LogP contribution in [0.5, 0.6) is 11.8 Å². The van der Waals surface area contributed by atoms with Crippen molar-refractivity contribution in [2.24, 2.45) is 11.3 Å². The quantitative estimate of drug-likeness (QED) is 0.131. The molecule has 6 heterocycles. The second-order valence-electron chi connectivity index (χ2n) is 17.7. The number of piperazine rings is 1. The number of rotatable bonds is 11. The van der Waals surface area contributed by atoms with Crippen molar-refractivity contribution in [2.75, 3.05) is 75.5 Å².